The summed E-state index contributed by atoms with van der Waals surface area (Å²) in [5.74, 6) is 1.76. The number of hydrogen-bond donors (Lipinski definition) is 2. The van der Waals surface area contributed by atoms with Crippen molar-refractivity contribution in [1.29, 1.82) is 0 Å². The Morgan fingerprint density at radius 3 is 3.00 bits per heavy atom. The van der Waals surface area contributed by atoms with Crippen LogP contribution in [0, 0.1) is 5.92 Å². The van der Waals surface area contributed by atoms with E-state index in [0.29, 0.717) is 0 Å². The summed E-state index contributed by atoms with van der Waals surface area (Å²) >= 11 is 4.25. The van der Waals surface area contributed by atoms with Crippen molar-refractivity contribution in [3.63, 3.8) is 0 Å². The molecule has 1 fully saturated rings. The molecular weight excluding hydrogens is 130 g/mol. The van der Waals surface area contributed by atoms with Gasteiger partial charge in [-0.05, 0) is 31.1 Å². The van der Waals surface area contributed by atoms with Crippen LogP contribution in [0.2, 0.25) is 0 Å². The van der Waals surface area contributed by atoms with E-state index >= 15 is 0 Å². The van der Waals surface area contributed by atoms with Crippen LogP contribution in [0.3, 0.4) is 0 Å². The molecule has 1 rings (SSSR count). The average Bonchev–Trinajstić information content (AvgIpc) is 2.37. The lowest BCUT2D eigenvalue weighted by Gasteiger charge is -2.16. The maximum absolute atomic E-state index is 4.25. The zero-order valence-electron chi connectivity index (χ0n) is 5.93. The first kappa shape index (κ1) is 7.42. The number of nitrogens with one attached hydrogen (secondary N) is 1. The Morgan fingerprint density at radius 2 is 2.56 bits per heavy atom. The van der Waals surface area contributed by atoms with E-state index in [4.69, 9.17) is 0 Å². The van der Waals surface area contributed by atoms with Gasteiger partial charge in [0, 0.05) is 6.04 Å². The normalized spacial score (nSPS) is 30.7. The molecule has 54 valence electrons. The van der Waals surface area contributed by atoms with Crippen LogP contribution in [0.4, 0.5) is 0 Å². The molecule has 0 aromatic heterocycles. The van der Waals surface area contributed by atoms with Crippen molar-refractivity contribution < 1.29 is 0 Å². The molecule has 1 unspecified atom stereocenters. The van der Waals surface area contributed by atoms with Gasteiger partial charge in [-0.2, -0.15) is 12.6 Å². The molecular formula is C7H15NS. The molecule has 0 radical (unpaired) electrons. The average molecular weight is 145 g/mol. The highest BCUT2D eigenvalue weighted by Crippen LogP contribution is 2.14. The summed E-state index contributed by atoms with van der Waals surface area (Å²) in [4.78, 5) is 0. The van der Waals surface area contributed by atoms with Gasteiger partial charge in [0.15, 0.2) is 0 Å². The lowest BCUT2D eigenvalue weighted by molar-refractivity contribution is 0.459. The predicted octanol–water partition coefficient (Wildman–Crippen LogP) is 1.30. The van der Waals surface area contributed by atoms with Crippen molar-refractivity contribution in [3.8, 4) is 0 Å². The molecule has 1 aliphatic heterocycles. The lowest BCUT2D eigenvalue weighted by atomic mass is 10.0. The van der Waals surface area contributed by atoms with Crippen molar-refractivity contribution >= 4 is 12.6 Å². The Hall–Kier alpha value is 0.310. The first-order valence-corrected chi connectivity index (χ1v) is 4.32. The van der Waals surface area contributed by atoms with Gasteiger partial charge in [-0.25, -0.2) is 0 Å². The molecule has 1 saturated heterocycles. The van der Waals surface area contributed by atoms with E-state index in [0.717, 1.165) is 17.7 Å². The highest BCUT2D eigenvalue weighted by Gasteiger charge is 2.18. The van der Waals surface area contributed by atoms with E-state index in [1.54, 1.807) is 0 Å². The minimum absolute atomic E-state index is 0.746. The monoisotopic (exact) mass is 145 g/mol. The Kier molecular flexibility index (Phi) is 2.86. The summed E-state index contributed by atoms with van der Waals surface area (Å²) in [6, 6.07) is 0.752. The zero-order valence-corrected chi connectivity index (χ0v) is 6.82. The summed E-state index contributed by atoms with van der Waals surface area (Å²) in [6.07, 6.45) is 2.70. The number of thiol groups is 1. The van der Waals surface area contributed by atoms with E-state index in [-0.39, 0.29) is 0 Å². The molecule has 0 amide bonds. The fourth-order valence-electron chi connectivity index (χ4n) is 1.32. The van der Waals surface area contributed by atoms with Gasteiger partial charge in [-0.3, -0.25) is 0 Å². The van der Waals surface area contributed by atoms with Crippen molar-refractivity contribution in [1.82, 2.24) is 5.32 Å². The summed E-state index contributed by atoms with van der Waals surface area (Å²) in [6.45, 7) is 3.47. The van der Waals surface area contributed by atoms with Gasteiger partial charge in [0.1, 0.15) is 0 Å². The molecule has 2 heteroatoms. The van der Waals surface area contributed by atoms with Crippen LogP contribution < -0.4 is 5.32 Å². The van der Waals surface area contributed by atoms with E-state index in [1.807, 2.05) is 0 Å². The van der Waals surface area contributed by atoms with Crippen molar-refractivity contribution in [2.24, 2.45) is 5.92 Å². The van der Waals surface area contributed by atoms with Gasteiger partial charge in [0.05, 0.1) is 0 Å². The molecule has 0 aromatic rings. The van der Waals surface area contributed by atoms with Gasteiger partial charge in [0.2, 0.25) is 0 Å². The van der Waals surface area contributed by atoms with E-state index < -0.39 is 0 Å². The second-order valence-corrected chi connectivity index (χ2v) is 3.23. The smallest absolute Gasteiger partial charge is 0.0101 e. The van der Waals surface area contributed by atoms with Crippen LogP contribution in [-0.4, -0.2) is 18.3 Å². The fourth-order valence-corrected chi connectivity index (χ4v) is 1.58. The standard InChI is InChI=1S/C7H15NS/c1-6(5-9)7-3-2-4-8-7/h6-9H,2-5H2,1H3/t6?,7-/m0/s1. The molecule has 0 bridgehead atoms. The first-order chi connectivity index (χ1) is 4.34. The first-order valence-electron chi connectivity index (χ1n) is 3.69. The third kappa shape index (κ3) is 1.87. The molecule has 2 atom stereocenters. The minimum atomic E-state index is 0.746. The maximum atomic E-state index is 4.25. The van der Waals surface area contributed by atoms with Gasteiger partial charge in [-0.15, -0.1) is 0 Å². The van der Waals surface area contributed by atoms with E-state index in [1.165, 1.54) is 19.4 Å². The van der Waals surface area contributed by atoms with Crippen molar-refractivity contribution in [2.45, 2.75) is 25.8 Å². The Balaban J connectivity index is 2.24. The van der Waals surface area contributed by atoms with Crippen LogP contribution in [0.15, 0.2) is 0 Å². The Labute approximate surface area is 62.6 Å². The van der Waals surface area contributed by atoms with Crippen LogP contribution >= 0.6 is 12.6 Å². The Morgan fingerprint density at radius 1 is 1.78 bits per heavy atom. The topological polar surface area (TPSA) is 12.0 Å². The van der Waals surface area contributed by atoms with E-state index in [2.05, 4.69) is 24.9 Å². The highest BCUT2D eigenvalue weighted by molar-refractivity contribution is 7.80. The van der Waals surface area contributed by atoms with Crippen LogP contribution in [-0.2, 0) is 0 Å². The summed E-state index contributed by atoms with van der Waals surface area (Å²) in [7, 11) is 0. The second kappa shape index (κ2) is 3.47. The lowest BCUT2D eigenvalue weighted by Crippen LogP contribution is -2.29. The van der Waals surface area contributed by atoms with Gasteiger partial charge in [0.25, 0.3) is 0 Å². The quantitative estimate of drug-likeness (QED) is 0.558. The van der Waals surface area contributed by atoms with Crippen LogP contribution in [0.25, 0.3) is 0 Å². The molecule has 9 heavy (non-hydrogen) atoms. The summed E-state index contributed by atoms with van der Waals surface area (Å²) in [5, 5.41) is 3.46. The third-order valence-electron chi connectivity index (χ3n) is 2.07. The molecule has 1 heterocycles. The number of hydrogen-bond acceptors (Lipinski definition) is 2. The predicted molar refractivity (Wildman–Crippen MR) is 44.0 cm³/mol. The molecule has 1 nitrogen and oxygen atoms in total. The van der Waals surface area contributed by atoms with Gasteiger partial charge < -0.3 is 5.32 Å². The molecule has 0 spiro atoms. The van der Waals surface area contributed by atoms with Crippen LogP contribution in [0.1, 0.15) is 19.8 Å². The molecule has 1 aliphatic rings. The Bertz CT molecular complexity index is 79.0. The minimum Gasteiger partial charge on any atom is -0.314 e. The van der Waals surface area contributed by atoms with Crippen molar-refractivity contribution in [2.75, 3.05) is 12.3 Å². The third-order valence-corrected chi connectivity index (χ3v) is 2.65. The second-order valence-electron chi connectivity index (χ2n) is 2.86. The molecule has 0 aromatic carbocycles. The SMILES string of the molecule is CC(CS)[C@@H]1CCCN1. The van der Waals surface area contributed by atoms with Gasteiger partial charge >= 0.3 is 0 Å². The fraction of sp³-hybridized carbons (Fsp3) is 1.00. The molecule has 1 N–H and O–H groups in total. The van der Waals surface area contributed by atoms with Gasteiger partial charge in [-0.1, -0.05) is 6.92 Å². The maximum Gasteiger partial charge on any atom is 0.0101 e. The summed E-state index contributed by atoms with van der Waals surface area (Å²) in [5.41, 5.74) is 0. The molecule has 0 saturated carbocycles. The summed E-state index contributed by atoms with van der Waals surface area (Å²) < 4.78 is 0. The number of rotatable bonds is 2. The van der Waals surface area contributed by atoms with Crippen molar-refractivity contribution in [3.05, 3.63) is 0 Å². The largest absolute Gasteiger partial charge is 0.314 e. The zero-order chi connectivity index (χ0) is 6.69. The van der Waals surface area contributed by atoms with Crippen LogP contribution in [0.5, 0.6) is 0 Å². The highest BCUT2D eigenvalue weighted by atomic mass is 32.1. The molecule has 0 aliphatic carbocycles. The van der Waals surface area contributed by atoms with E-state index in [9.17, 15) is 0 Å².